The van der Waals surface area contributed by atoms with E-state index in [9.17, 15) is 19.5 Å². The van der Waals surface area contributed by atoms with Crippen LogP contribution in [0, 0.1) is 0 Å². The zero-order valence-corrected chi connectivity index (χ0v) is 39.7. The number of allylic oxidation sites excluding steroid dienone is 8. The number of carboxylic acids is 1. The number of hydrogen-bond acceptors (Lipinski definition) is 6. The fourth-order valence-electron chi connectivity index (χ4n) is 7.16. The number of carbonyl (C=O) groups is 3. The van der Waals surface area contributed by atoms with Crippen LogP contribution in [0.1, 0.15) is 213 Å². The Kier molecular flexibility index (Phi) is 41.0. The van der Waals surface area contributed by atoms with Crippen LogP contribution < -0.4 is 0 Å². The molecule has 1 N–H and O–H groups in total. The minimum absolute atomic E-state index is 0.0542. The van der Waals surface area contributed by atoms with Gasteiger partial charge < -0.3 is 23.8 Å². The summed E-state index contributed by atoms with van der Waals surface area (Å²) in [5.74, 6) is -1.49. The molecule has 2 atom stereocenters. The molecule has 0 aliphatic carbocycles. The number of esters is 2. The van der Waals surface area contributed by atoms with E-state index in [1.165, 1.54) is 109 Å². The van der Waals surface area contributed by atoms with Crippen LogP contribution in [0.3, 0.4) is 0 Å². The van der Waals surface area contributed by atoms with Crippen molar-refractivity contribution in [3.8, 4) is 0 Å². The number of quaternary nitrogens is 1. The molecule has 8 heteroatoms. The average Bonchev–Trinajstić information content (AvgIpc) is 3.21. The molecular formula is C52H94NO7+. The smallest absolute Gasteiger partial charge is 0.362 e. The van der Waals surface area contributed by atoms with E-state index in [0.29, 0.717) is 19.3 Å². The third kappa shape index (κ3) is 40.7. The normalized spacial score (nSPS) is 13.3. The molecule has 60 heavy (non-hydrogen) atoms. The lowest BCUT2D eigenvalue weighted by atomic mass is 10.1. The summed E-state index contributed by atoms with van der Waals surface area (Å²) in [6.07, 6.45) is 51.6. The summed E-state index contributed by atoms with van der Waals surface area (Å²) >= 11 is 0. The van der Waals surface area contributed by atoms with Crippen LogP contribution in [0.4, 0.5) is 0 Å². The van der Waals surface area contributed by atoms with E-state index in [-0.39, 0.29) is 36.2 Å². The second-order valence-electron chi connectivity index (χ2n) is 17.7. The van der Waals surface area contributed by atoms with Gasteiger partial charge in [-0.15, -0.1) is 0 Å². The van der Waals surface area contributed by atoms with Crippen molar-refractivity contribution in [1.82, 2.24) is 0 Å². The summed E-state index contributed by atoms with van der Waals surface area (Å²) in [5, 5.41) is 9.64. The molecular weight excluding hydrogens is 751 g/mol. The topological polar surface area (TPSA) is 99.1 Å². The molecule has 348 valence electrons. The summed E-state index contributed by atoms with van der Waals surface area (Å²) in [7, 11) is 5.53. The van der Waals surface area contributed by atoms with Crippen molar-refractivity contribution in [3.05, 3.63) is 48.6 Å². The van der Waals surface area contributed by atoms with Crippen molar-refractivity contribution < 1.29 is 38.2 Å². The van der Waals surface area contributed by atoms with Gasteiger partial charge >= 0.3 is 17.9 Å². The first kappa shape index (κ1) is 57.3. The van der Waals surface area contributed by atoms with E-state index in [2.05, 4.69) is 62.5 Å². The Hall–Kier alpha value is -2.71. The number of carboxylic acid groups (broad SMARTS) is 1. The third-order valence-corrected chi connectivity index (χ3v) is 11.0. The highest BCUT2D eigenvalue weighted by molar-refractivity contribution is 5.72. The lowest BCUT2D eigenvalue weighted by Gasteiger charge is -2.31. The minimum Gasteiger partial charge on any atom is -0.477 e. The number of unbranched alkanes of at least 4 members (excludes halogenated alkanes) is 22. The van der Waals surface area contributed by atoms with Gasteiger partial charge in [-0.3, -0.25) is 9.59 Å². The first-order chi connectivity index (χ1) is 29.1. The summed E-state index contributed by atoms with van der Waals surface area (Å²) < 4.78 is 17.3. The van der Waals surface area contributed by atoms with E-state index in [4.69, 9.17) is 14.2 Å². The largest absolute Gasteiger partial charge is 0.477 e. The summed E-state index contributed by atoms with van der Waals surface area (Å²) in [6.45, 7) is 4.62. The first-order valence-electron chi connectivity index (χ1n) is 24.7. The fourth-order valence-corrected chi connectivity index (χ4v) is 7.16. The summed E-state index contributed by atoms with van der Waals surface area (Å²) in [6, 6.07) is -0.619. The van der Waals surface area contributed by atoms with Crippen LogP contribution in [-0.2, 0) is 28.6 Å². The van der Waals surface area contributed by atoms with Crippen LogP contribution in [0.2, 0.25) is 0 Å². The van der Waals surface area contributed by atoms with Crippen molar-refractivity contribution >= 4 is 17.9 Å². The highest BCUT2D eigenvalue weighted by Crippen LogP contribution is 2.15. The van der Waals surface area contributed by atoms with Gasteiger partial charge in [-0.1, -0.05) is 172 Å². The Balaban J connectivity index is 4.27. The van der Waals surface area contributed by atoms with Crippen molar-refractivity contribution in [3.63, 3.8) is 0 Å². The molecule has 0 spiro atoms. The SMILES string of the molecule is CC/C=C/C/C=C/C/C=C/CCCCCCCCC(=O)OC(COCCC(C(=O)O)[N+](C)(C)C)COC(=O)CCCCCCCCC/C=C/CCCCCCCCCCC. The molecule has 2 unspecified atom stereocenters. The maximum atomic E-state index is 12.8. The quantitative estimate of drug-likeness (QED) is 0.0282. The highest BCUT2D eigenvalue weighted by Gasteiger charge is 2.31. The van der Waals surface area contributed by atoms with Gasteiger partial charge in [0.25, 0.3) is 0 Å². The van der Waals surface area contributed by atoms with Gasteiger partial charge in [-0.2, -0.15) is 0 Å². The van der Waals surface area contributed by atoms with E-state index < -0.39 is 18.1 Å². The molecule has 0 saturated carbocycles. The maximum Gasteiger partial charge on any atom is 0.362 e. The summed E-state index contributed by atoms with van der Waals surface area (Å²) in [4.78, 5) is 37.1. The maximum absolute atomic E-state index is 12.8. The zero-order valence-electron chi connectivity index (χ0n) is 39.7. The minimum atomic E-state index is -0.878. The zero-order chi connectivity index (χ0) is 44.2. The molecule has 0 aliphatic heterocycles. The lowest BCUT2D eigenvalue weighted by molar-refractivity contribution is -0.887. The molecule has 0 rings (SSSR count). The number of nitrogens with zero attached hydrogens (tertiary/aromatic N) is 1. The van der Waals surface area contributed by atoms with Gasteiger partial charge in [0.05, 0.1) is 34.4 Å². The number of ether oxygens (including phenoxy) is 3. The van der Waals surface area contributed by atoms with Gasteiger partial charge in [-0.25, -0.2) is 4.79 Å². The van der Waals surface area contributed by atoms with Crippen LogP contribution in [0.5, 0.6) is 0 Å². The van der Waals surface area contributed by atoms with E-state index in [0.717, 1.165) is 70.6 Å². The van der Waals surface area contributed by atoms with Crippen molar-refractivity contribution in [2.24, 2.45) is 0 Å². The Morgan fingerprint density at radius 2 is 0.933 bits per heavy atom. The highest BCUT2D eigenvalue weighted by atomic mass is 16.6. The van der Waals surface area contributed by atoms with Crippen LogP contribution in [-0.4, -0.2) is 80.6 Å². The van der Waals surface area contributed by atoms with E-state index >= 15 is 0 Å². The average molecular weight is 845 g/mol. The number of hydrogen-bond donors (Lipinski definition) is 1. The molecule has 0 aliphatic rings. The molecule has 0 fully saturated rings. The van der Waals surface area contributed by atoms with Crippen molar-refractivity contribution in [1.29, 1.82) is 0 Å². The lowest BCUT2D eigenvalue weighted by Crippen LogP contribution is -2.50. The third-order valence-electron chi connectivity index (χ3n) is 11.0. The molecule has 0 aromatic rings. The molecule has 0 heterocycles. The molecule has 0 aromatic heterocycles. The van der Waals surface area contributed by atoms with Gasteiger partial charge in [0, 0.05) is 19.3 Å². The molecule has 0 saturated heterocycles. The fraction of sp³-hybridized carbons (Fsp3) is 0.788. The molecule has 0 radical (unpaired) electrons. The molecule has 8 nitrogen and oxygen atoms in total. The second kappa shape index (κ2) is 43.0. The van der Waals surface area contributed by atoms with Crippen LogP contribution in [0.25, 0.3) is 0 Å². The predicted octanol–water partition coefficient (Wildman–Crippen LogP) is 14.0. The Bertz CT molecular complexity index is 1120. The van der Waals surface area contributed by atoms with Crippen LogP contribution in [0.15, 0.2) is 48.6 Å². The first-order valence-corrected chi connectivity index (χ1v) is 24.7. The van der Waals surface area contributed by atoms with Crippen molar-refractivity contribution in [2.75, 3.05) is 41.0 Å². The second-order valence-corrected chi connectivity index (χ2v) is 17.7. The number of likely N-dealkylation sites (N-methyl/N-ethyl adjacent to an activating group) is 1. The van der Waals surface area contributed by atoms with E-state index in [1.807, 2.05) is 21.1 Å². The number of rotatable bonds is 44. The predicted molar refractivity (Wildman–Crippen MR) is 252 cm³/mol. The molecule has 0 amide bonds. The van der Waals surface area contributed by atoms with Gasteiger partial charge in [0.15, 0.2) is 12.1 Å². The monoisotopic (exact) mass is 845 g/mol. The van der Waals surface area contributed by atoms with E-state index in [1.54, 1.807) is 0 Å². The summed E-state index contributed by atoms with van der Waals surface area (Å²) in [5.41, 5.74) is 0. The standard InChI is InChI=1S/C52H93NO7/c1-6-8-10-12-14-16-18-20-22-24-25-26-27-29-30-32-34-36-38-40-42-50(54)59-47-48(46-58-45-44-49(52(56)57)53(3,4)5)60-51(55)43-41-39-37-35-33-31-28-23-21-19-17-15-13-11-9-7-2/h9,11,15,17,21,23,25-26,48-49H,6-8,10,12-14,16,18-20,22,24,27-47H2,1-5H3/p+1/b11-9+,17-15+,23-21+,26-25+. The number of aliphatic carboxylic acids is 1. The van der Waals surface area contributed by atoms with Gasteiger partial charge in [0.2, 0.25) is 0 Å². The van der Waals surface area contributed by atoms with Crippen LogP contribution >= 0.6 is 0 Å². The Labute approximate surface area is 369 Å². The van der Waals surface area contributed by atoms with Gasteiger partial charge in [-0.05, 0) is 70.6 Å². The Morgan fingerprint density at radius 3 is 1.40 bits per heavy atom. The Morgan fingerprint density at radius 1 is 0.517 bits per heavy atom. The van der Waals surface area contributed by atoms with Gasteiger partial charge in [0.1, 0.15) is 6.61 Å². The molecule has 0 aromatic carbocycles. The number of carbonyl (C=O) groups excluding carboxylic acids is 2. The molecule has 0 bridgehead atoms. The van der Waals surface area contributed by atoms with Crippen molar-refractivity contribution in [2.45, 2.75) is 225 Å².